The zero-order valence-electron chi connectivity index (χ0n) is 14.2. The molecule has 1 fully saturated rings. The molecule has 2 heterocycles. The van der Waals surface area contributed by atoms with E-state index in [1.165, 1.54) is 18.1 Å². The van der Waals surface area contributed by atoms with Gasteiger partial charge in [0.25, 0.3) is 0 Å². The van der Waals surface area contributed by atoms with Crippen LogP contribution in [0, 0.1) is 12.8 Å². The molecule has 1 atom stereocenters. The number of hydrogen-bond donors (Lipinski definition) is 1. The molecule has 1 aromatic carbocycles. The molecule has 1 unspecified atom stereocenters. The van der Waals surface area contributed by atoms with Crippen molar-refractivity contribution in [3.05, 3.63) is 41.6 Å². The normalized spacial score (nSPS) is 17.8. The van der Waals surface area contributed by atoms with E-state index in [4.69, 9.17) is 0 Å². The van der Waals surface area contributed by atoms with Gasteiger partial charge in [0.15, 0.2) is 6.10 Å². The summed E-state index contributed by atoms with van der Waals surface area (Å²) in [4.78, 5) is 18.4. The van der Waals surface area contributed by atoms with E-state index in [-0.39, 0.29) is 5.92 Å². The van der Waals surface area contributed by atoms with Crippen LogP contribution >= 0.6 is 0 Å². The van der Waals surface area contributed by atoms with Crippen LogP contribution in [0.5, 0.6) is 0 Å². The summed E-state index contributed by atoms with van der Waals surface area (Å²) >= 11 is 0. The highest BCUT2D eigenvalue weighted by molar-refractivity contribution is 5.82. The predicted octanol–water partition coefficient (Wildman–Crippen LogP) is 2.29. The number of piperidine rings is 1. The first-order valence-electron chi connectivity index (χ1n) is 8.42. The fourth-order valence-corrected chi connectivity index (χ4v) is 3.51. The van der Waals surface area contributed by atoms with Crippen LogP contribution in [0.15, 0.2) is 30.3 Å². The number of likely N-dealkylation sites (tertiary alicyclic amines) is 1. The van der Waals surface area contributed by atoms with Crippen molar-refractivity contribution in [3.8, 4) is 0 Å². The number of methoxy groups -OCH3 is 1. The maximum absolute atomic E-state index is 11.5. The number of ether oxygens (including phenoxy) is 1. The SMILES string of the molecule is COC(=O)C(O)C1CCN(Cc2cc(C)nc3ccccc23)CC1. The van der Waals surface area contributed by atoms with Gasteiger partial charge < -0.3 is 9.84 Å². The summed E-state index contributed by atoms with van der Waals surface area (Å²) in [5, 5.41) is 11.2. The number of para-hydroxylation sites is 1. The largest absolute Gasteiger partial charge is 0.467 e. The number of aryl methyl sites for hydroxylation is 1. The van der Waals surface area contributed by atoms with Gasteiger partial charge in [-0.2, -0.15) is 0 Å². The summed E-state index contributed by atoms with van der Waals surface area (Å²) in [6, 6.07) is 10.4. The van der Waals surface area contributed by atoms with Crippen LogP contribution in [0.3, 0.4) is 0 Å². The average molecular weight is 328 g/mol. The van der Waals surface area contributed by atoms with Gasteiger partial charge in [-0.15, -0.1) is 0 Å². The Morgan fingerprint density at radius 2 is 2.08 bits per heavy atom. The number of aliphatic hydroxyl groups excluding tert-OH is 1. The van der Waals surface area contributed by atoms with Crippen LogP contribution in [-0.2, 0) is 16.1 Å². The molecule has 24 heavy (non-hydrogen) atoms. The monoisotopic (exact) mass is 328 g/mol. The van der Waals surface area contributed by atoms with Gasteiger partial charge >= 0.3 is 5.97 Å². The van der Waals surface area contributed by atoms with E-state index >= 15 is 0 Å². The molecular formula is C19H24N2O3. The Hall–Kier alpha value is -1.98. The van der Waals surface area contributed by atoms with Crippen molar-refractivity contribution >= 4 is 16.9 Å². The molecule has 1 aromatic heterocycles. The average Bonchev–Trinajstić information content (AvgIpc) is 2.61. The van der Waals surface area contributed by atoms with Gasteiger partial charge in [-0.05, 0) is 56.5 Å². The third-order valence-corrected chi connectivity index (χ3v) is 4.85. The third-order valence-electron chi connectivity index (χ3n) is 4.85. The summed E-state index contributed by atoms with van der Waals surface area (Å²) in [5.41, 5.74) is 3.34. The smallest absolute Gasteiger partial charge is 0.334 e. The maximum atomic E-state index is 11.5. The summed E-state index contributed by atoms with van der Waals surface area (Å²) < 4.78 is 4.64. The minimum atomic E-state index is -0.999. The van der Waals surface area contributed by atoms with Gasteiger partial charge in [-0.25, -0.2) is 4.79 Å². The number of rotatable bonds is 4. The lowest BCUT2D eigenvalue weighted by atomic mass is 9.91. The Bertz CT molecular complexity index is 724. The van der Waals surface area contributed by atoms with Crippen LogP contribution in [0.4, 0.5) is 0 Å². The molecule has 0 aliphatic carbocycles. The number of carbonyl (C=O) groups is 1. The number of esters is 1. The molecule has 0 saturated carbocycles. The van der Waals surface area contributed by atoms with Crippen LogP contribution in [-0.4, -0.2) is 47.3 Å². The minimum absolute atomic E-state index is 0.00961. The predicted molar refractivity (Wildman–Crippen MR) is 92.5 cm³/mol. The van der Waals surface area contributed by atoms with Gasteiger partial charge in [0, 0.05) is 17.6 Å². The zero-order chi connectivity index (χ0) is 17.1. The van der Waals surface area contributed by atoms with Gasteiger partial charge in [-0.1, -0.05) is 18.2 Å². The Morgan fingerprint density at radius 1 is 1.38 bits per heavy atom. The van der Waals surface area contributed by atoms with Gasteiger partial charge in [0.2, 0.25) is 0 Å². The van der Waals surface area contributed by atoms with E-state index in [1.54, 1.807) is 0 Å². The minimum Gasteiger partial charge on any atom is -0.467 e. The first kappa shape index (κ1) is 16.9. The Balaban J connectivity index is 1.68. The number of hydrogen-bond acceptors (Lipinski definition) is 5. The third kappa shape index (κ3) is 3.57. The molecule has 2 aromatic rings. The summed E-state index contributed by atoms with van der Waals surface area (Å²) in [5.74, 6) is -0.533. The molecule has 0 amide bonds. The molecule has 1 N–H and O–H groups in total. The number of aromatic nitrogens is 1. The Morgan fingerprint density at radius 3 is 2.79 bits per heavy atom. The lowest BCUT2D eigenvalue weighted by molar-refractivity contribution is -0.154. The molecule has 5 heteroatoms. The van der Waals surface area contributed by atoms with Gasteiger partial charge in [0.05, 0.1) is 12.6 Å². The number of carbonyl (C=O) groups excluding carboxylic acids is 1. The molecule has 1 saturated heterocycles. The van der Waals surface area contributed by atoms with E-state index in [1.807, 2.05) is 25.1 Å². The number of nitrogens with zero attached hydrogens (tertiary/aromatic N) is 2. The lowest BCUT2D eigenvalue weighted by Crippen LogP contribution is -2.40. The molecule has 3 rings (SSSR count). The van der Waals surface area contributed by atoms with Crippen LogP contribution in [0.1, 0.15) is 24.1 Å². The van der Waals surface area contributed by atoms with Crippen molar-refractivity contribution in [2.45, 2.75) is 32.4 Å². The van der Waals surface area contributed by atoms with Crippen molar-refractivity contribution in [2.24, 2.45) is 5.92 Å². The fraction of sp³-hybridized carbons (Fsp3) is 0.474. The number of benzene rings is 1. The number of pyridine rings is 1. The second-order valence-electron chi connectivity index (χ2n) is 6.52. The van der Waals surface area contributed by atoms with Gasteiger partial charge in [-0.3, -0.25) is 9.88 Å². The first-order valence-corrected chi connectivity index (χ1v) is 8.42. The second kappa shape index (κ2) is 7.28. The molecule has 1 aliphatic rings. The highest BCUT2D eigenvalue weighted by Gasteiger charge is 2.30. The topological polar surface area (TPSA) is 62.7 Å². The molecule has 5 nitrogen and oxygen atoms in total. The molecule has 0 radical (unpaired) electrons. The summed E-state index contributed by atoms with van der Waals surface area (Å²) in [6.07, 6.45) is 0.609. The van der Waals surface area contributed by atoms with Gasteiger partial charge in [0.1, 0.15) is 0 Å². The lowest BCUT2D eigenvalue weighted by Gasteiger charge is -2.33. The summed E-state index contributed by atoms with van der Waals surface area (Å²) in [7, 11) is 1.32. The Labute approximate surface area is 142 Å². The van der Waals surface area contributed by atoms with E-state index in [0.717, 1.165) is 43.7 Å². The molecule has 128 valence electrons. The van der Waals surface area contributed by atoms with Crippen molar-refractivity contribution in [1.82, 2.24) is 9.88 Å². The number of aliphatic hydroxyl groups is 1. The van der Waals surface area contributed by atoms with Crippen molar-refractivity contribution < 1.29 is 14.6 Å². The molecule has 0 bridgehead atoms. The Kier molecular flexibility index (Phi) is 5.11. The molecular weight excluding hydrogens is 304 g/mol. The highest BCUT2D eigenvalue weighted by atomic mass is 16.5. The standard InChI is InChI=1S/C19H24N2O3/c1-13-11-15(16-5-3-4-6-17(16)20-13)12-21-9-7-14(8-10-21)18(22)19(23)24-2/h3-6,11,14,18,22H,7-10,12H2,1-2H3. The van der Waals surface area contributed by atoms with E-state index < -0.39 is 12.1 Å². The second-order valence-corrected chi connectivity index (χ2v) is 6.52. The summed E-state index contributed by atoms with van der Waals surface area (Å²) in [6.45, 7) is 4.63. The first-order chi connectivity index (χ1) is 11.6. The van der Waals surface area contributed by atoms with Crippen LogP contribution < -0.4 is 0 Å². The highest BCUT2D eigenvalue weighted by Crippen LogP contribution is 2.25. The molecule has 0 spiro atoms. The fourth-order valence-electron chi connectivity index (χ4n) is 3.51. The maximum Gasteiger partial charge on any atom is 0.334 e. The van der Waals surface area contributed by atoms with Crippen LogP contribution in [0.25, 0.3) is 10.9 Å². The van der Waals surface area contributed by atoms with Crippen molar-refractivity contribution in [1.29, 1.82) is 0 Å². The van der Waals surface area contributed by atoms with Crippen molar-refractivity contribution in [3.63, 3.8) is 0 Å². The quantitative estimate of drug-likeness (QED) is 0.873. The van der Waals surface area contributed by atoms with E-state index in [2.05, 4.69) is 26.8 Å². The zero-order valence-corrected chi connectivity index (χ0v) is 14.2. The van der Waals surface area contributed by atoms with Crippen molar-refractivity contribution in [2.75, 3.05) is 20.2 Å². The number of fused-ring (bicyclic) bond motifs is 1. The van der Waals surface area contributed by atoms with Crippen LogP contribution in [0.2, 0.25) is 0 Å². The van der Waals surface area contributed by atoms with E-state index in [9.17, 15) is 9.90 Å². The van der Waals surface area contributed by atoms with E-state index in [0.29, 0.717) is 0 Å². The molecule has 1 aliphatic heterocycles.